The fraction of sp³-hybridized carbons (Fsp3) is 0.615. The molecule has 0 saturated carbocycles. The molecule has 2 aromatic heterocycles. The van der Waals surface area contributed by atoms with Crippen molar-refractivity contribution in [2.24, 2.45) is 0 Å². The molecule has 1 unspecified atom stereocenters. The van der Waals surface area contributed by atoms with E-state index in [1.165, 1.54) is 0 Å². The largest absolute Gasteiger partial charge is 0.313 e. The SMILES string of the molecule is CCNC(Cc1csc(C)n1)Cc1ncnn1CC. The van der Waals surface area contributed by atoms with E-state index in [1.54, 1.807) is 17.7 Å². The van der Waals surface area contributed by atoms with Crippen LogP contribution in [0.3, 0.4) is 0 Å². The molecule has 0 amide bonds. The molecular weight excluding hydrogens is 258 g/mol. The Morgan fingerprint density at radius 2 is 2.21 bits per heavy atom. The molecule has 104 valence electrons. The highest BCUT2D eigenvalue weighted by Crippen LogP contribution is 2.12. The van der Waals surface area contributed by atoms with Crippen molar-refractivity contribution in [2.75, 3.05) is 6.54 Å². The second kappa shape index (κ2) is 6.77. The first-order valence-electron chi connectivity index (χ1n) is 6.74. The maximum absolute atomic E-state index is 4.54. The number of hydrogen-bond acceptors (Lipinski definition) is 5. The van der Waals surface area contributed by atoms with E-state index < -0.39 is 0 Å². The molecule has 0 saturated heterocycles. The molecule has 6 heteroatoms. The second-order valence-electron chi connectivity index (χ2n) is 4.51. The monoisotopic (exact) mass is 279 g/mol. The number of likely N-dealkylation sites (N-methyl/N-ethyl adjacent to an activating group) is 1. The van der Waals surface area contributed by atoms with Crippen LogP contribution in [0.15, 0.2) is 11.7 Å². The molecule has 2 aromatic rings. The zero-order chi connectivity index (χ0) is 13.7. The van der Waals surface area contributed by atoms with Gasteiger partial charge in [0.15, 0.2) is 0 Å². The summed E-state index contributed by atoms with van der Waals surface area (Å²) < 4.78 is 1.95. The summed E-state index contributed by atoms with van der Waals surface area (Å²) in [6, 6.07) is 0.362. The van der Waals surface area contributed by atoms with Crippen LogP contribution >= 0.6 is 11.3 Å². The lowest BCUT2D eigenvalue weighted by molar-refractivity contribution is 0.487. The number of hydrogen-bond donors (Lipinski definition) is 1. The fourth-order valence-electron chi connectivity index (χ4n) is 2.19. The molecule has 0 aliphatic heterocycles. The predicted octanol–water partition coefficient (Wildman–Crippen LogP) is 1.83. The highest BCUT2D eigenvalue weighted by Gasteiger charge is 2.14. The molecule has 0 radical (unpaired) electrons. The standard InChI is InChI=1S/C13H21N5S/c1-4-14-11(6-12-8-19-10(3)17-12)7-13-15-9-16-18(13)5-2/h8-9,11,14H,4-7H2,1-3H3. The first kappa shape index (κ1) is 14.1. The Morgan fingerprint density at radius 3 is 2.84 bits per heavy atom. The normalized spacial score (nSPS) is 12.8. The molecular formula is C13H21N5S. The van der Waals surface area contributed by atoms with E-state index in [4.69, 9.17) is 0 Å². The van der Waals surface area contributed by atoms with Gasteiger partial charge in [0.25, 0.3) is 0 Å². The number of nitrogens with zero attached hydrogens (tertiary/aromatic N) is 4. The zero-order valence-electron chi connectivity index (χ0n) is 11.8. The van der Waals surface area contributed by atoms with Crippen molar-refractivity contribution in [3.05, 3.63) is 28.2 Å². The Hall–Kier alpha value is -1.27. The van der Waals surface area contributed by atoms with Crippen LogP contribution in [0.4, 0.5) is 0 Å². The third kappa shape index (κ3) is 3.84. The molecule has 0 aliphatic rings. The minimum atomic E-state index is 0.362. The quantitative estimate of drug-likeness (QED) is 0.840. The van der Waals surface area contributed by atoms with Crippen LogP contribution in [0, 0.1) is 6.92 Å². The summed E-state index contributed by atoms with van der Waals surface area (Å²) in [5.74, 6) is 1.04. The average Bonchev–Trinajstić information content (AvgIpc) is 2.99. The third-order valence-corrected chi connectivity index (χ3v) is 3.86. The van der Waals surface area contributed by atoms with Gasteiger partial charge < -0.3 is 5.32 Å². The predicted molar refractivity (Wildman–Crippen MR) is 77.4 cm³/mol. The van der Waals surface area contributed by atoms with Gasteiger partial charge in [-0.15, -0.1) is 11.3 Å². The first-order valence-corrected chi connectivity index (χ1v) is 7.62. The van der Waals surface area contributed by atoms with Gasteiger partial charge in [0.2, 0.25) is 0 Å². The van der Waals surface area contributed by atoms with E-state index in [-0.39, 0.29) is 0 Å². The maximum Gasteiger partial charge on any atom is 0.138 e. The van der Waals surface area contributed by atoms with Crippen molar-refractivity contribution < 1.29 is 0 Å². The van der Waals surface area contributed by atoms with Crippen LogP contribution in [-0.2, 0) is 19.4 Å². The summed E-state index contributed by atoms with van der Waals surface area (Å²) in [4.78, 5) is 8.89. The minimum absolute atomic E-state index is 0.362. The molecule has 0 fully saturated rings. The second-order valence-corrected chi connectivity index (χ2v) is 5.57. The molecule has 0 bridgehead atoms. The topological polar surface area (TPSA) is 55.6 Å². The molecule has 5 nitrogen and oxygen atoms in total. The highest BCUT2D eigenvalue weighted by molar-refractivity contribution is 7.09. The van der Waals surface area contributed by atoms with Gasteiger partial charge in [-0.2, -0.15) is 5.10 Å². The summed E-state index contributed by atoms with van der Waals surface area (Å²) in [5, 5.41) is 11.0. The smallest absolute Gasteiger partial charge is 0.138 e. The van der Waals surface area contributed by atoms with E-state index in [0.717, 1.165) is 42.5 Å². The molecule has 2 heterocycles. The Bertz CT molecular complexity index is 505. The number of aromatic nitrogens is 4. The summed E-state index contributed by atoms with van der Waals surface area (Å²) in [5.41, 5.74) is 1.16. The van der Waals surface area contributed by atoms with Crippen LogP contribution in [-0.4, -0.2) is 32.3 Å². The molecule has 0 spiro atoms. The molecule has 2 rings (SSSR count). The van der Waals surface area contributed by atoms with Crippen molar-refractivity contribution in [2.45, 2.75) is 46.2 Å². The fourth-order valence-corrected chi connectivity index (χ4v) is 2.82. The highest BCUT2D eigenvalue weighted by atomic mass is 32.1. The molecule has 0 aliphatic carbocycles. The molecule has 1 atom stereocenters. The summed E-state index contributed by atoms with van der Waals surface area (Å²) >= 11 is 1.71. The maximum atomic E-state index is 4.54. The lowest BCUT2D eigenvalue weighted by atomic mass is 10.1. The van der Waals surface area contributed by atoms with Crippen LogP contribution in [0.5, 0.6) is 0 Å². The Morgan fingerprint density at radius 1 is 1.37 bits per heavy atom. The van der Waals surface area contributed by atoms with Crippen molar-refractivity contribution in [1.29, 1.82) is 0 Å². The third-order valence-electron chi connectivity index (χ3n) is 3.04. The molecule has 19 heavy (non-hydrogen) atoms. The van der Waals surface area contributed by atoms with Gasteiger partial charge in [-0.1, -0.05) is 6.92 Å². The number of rotatable bonds is 7. The molecule has 0 aromatic carbocycles. The van der Waals surface area contributed by atoms with Crippen molar-refractivity contribution in [3.8, 4) is 0 Å². The number of nitrogens with one attached hydrogen (secondary N) is 1. The van der Waals surface area contributed by atoms with E-state index in [0.29, 0.717) is 6.04 Å². The van der Waals surface area contributed by atoms with Crippen LogP contribution in [0.25, 0.3) is 0 Å². The van der Waals surface area contributed by atoms with Gasteiger partial charge in [-0.3, -0.25) is 4.68 Å². The van der Waals surface area contributed by atoms with E-state index >= 15 is 0 Å². The summed E-state index contributed by atoms with van der Waals surface area (Å²) in [6.45, 7) is 8.08. The van der Waals surface area contributed by atoms with Crippen molar-refractivity contribution in [1.82, 2.24) is 25.1 Å². The van der Waals surface area contributed by atoms with Crippen molar-refractivity contribution in [3.63, 3.8) is 0 Å². The van der Waals surface area contributed by atoms with Gasteiger partial charge in [-0.05, 0) is 20.4 Å². The Kier molecular flexibility index (Phi) is 5.04. The van der Waals surface area contributed by atoms with Gasteiger partial charge in [-0.25, -0.2) is 9.97 Å². The Balaban J connectivity index is 2.03. The van der Waals surface area contributed by atoms with E-state index in [9.17, 15) is 0 Å². The van der Waals surface area contributed by atoms with E-state index in [2.05, 4.69) is 39.6 Å². The zero-order valence-corrected chi connectivity index (χ0v) is 12.6. The van der Waals surface area contributed by atoms with Gasteiger partial charge in [0, 0.05) is 30.8 Å². The first-order chi connectivity index (χ1) is 9.22. The van der Waals surface area contributed by atoms with E-state index in [1.807, 2.05) is 11.6 Å². The summed E-state index contributed by atoms with van der Waals surface area (Å²) in [7, 11) is 0. The Labute approximate surface area is 118 Å². The van der Waals surface area contributed by atoms with Crippen LogP contribution < -0.4 is 5.32 Å². The van der Waals surface area contributed by atoms with Gasteiger partial charge >= 0.3 is 0 Å². The lowest BCUT2D eigenvalue weighted by Gasteiger charge is -2.16. The minimum Gasteiger partial charge on any atom is -0.313 e. The number of aryl methyl sites for hydroxylation is 2. The van der Waals surface area contributed by atoms with Gasteiger partial charge in [0.1, 0.15) is 12.2 Å². The lowest BCUT2D eigenvalue weighted by Crippen LogP contribution is -2.34. The molecule has 1 N–H and O–H groups in total. The number of thiazole rings is 1. The van der Waals surface area contributed by atoms with Crippen LogP contribution in [0.2, 0.25) is 0 Å². The average molecular weight is 279 g/mol. The van der Waals surface area contributed by atoms with Crippen LogP contribution in [0.1, 0.15) is 30.4 Å². The van der Waals surface area contributed by atoms with Crippen molar-refractivity contribution >= 4 is 11.3 Å². The van der Waals surface area contributed by atoms with Gasteiger partial charge in [0.05, 0.1) is 10.7 Å². The summed E-state index contributed by atoms with van der Waals surface area (Å²) in [6.07, 6.45) is 3.46.